The number of aromatic amines is 1. The standard InChI is InChI=1S/C17H15BrN2OS/c18-12-5-6-13-11(9-12)10-14(19-13)17(21)20-7-1-3-15(20)16-4-2-8-22-16/h2,4-6,8-10,15,19H,1,3,7H2. The first kappa shape index (κ1) is 14.0. The third-order valence-electron chi connectivity index (χ3n) is 4.20. The summed E-state index contributed by atoms with van der Waals surface area (Å²) < 4.78 is 1.02. The minimum Gasteiger partial charge on any atom is -0.351 e. The van der Waals surface area contributed by atoms with Gasteiger partial charge in [-0.15, -0.1) is 11.3 Å². The van der Waals surface area contributed by atoms with E-state index < -0.39 is 0 Å². The molecule has 1 atom stereocenters. The van der Waals surface area contributed by atoms with Crippen LogP contribution in [0.5, 0.6) is 0 Å². The Labute approximate surface area is 141 Å². The second kappa shape index (κ2) is 5.56. The molecule has 1 saturated heterocycles. The normalized spacial score (nSPS) is 18.2. The molecule has 3 nitrogen and oxygen atoms in total. The maximum Gasteiger partial charge on any atom is 0.270 e. The van der Waals surface area contributed by atoms with Gasteiger partial charge in [-0.1, -0.05) is 22.0 Å². The minimum atomic E-state index is 0.100. The molecular formula is C17H15BrN2OS. The molecule has 0 spiro atoms. The number of carbonyl (C=O) groups excluding carboxylic acids is 1. The van der Waals surface area contributed by atoms with Crippen LogP contribution in [0.2, 0.25) is 0 Å². The van der Waals surface area contributed by atoms with Gasteiger partial charge in [-0.05, 0) is 48.6 Å². The molecule has 0 bridgehead atoms. The summed E-state index contributed by atoms with van der Waals surface area (Å²) in [5.41, 5.74) is 1.68. The zero-order valence-corrected chi connectivity index (χ0v) is 14.3. The summed E-state index contributed by atoms with van der Waals surface area (Å²) in [6, 6.07) is 12.4. The van der Waals surface area contributed by atoms with Crippen molar-refractivity contribution in [2.24, 2.45) is 0 Å². The first-order valence-corrected chi connectivity index (χ1v) is 9.02. The van der Waals surface area contributed by atoms with E-state index in [4.69, 9.17) is 0 Å². The van der Waals surface area contributed by atoms with Gasteiger partial charge in [0.2, 0.25) is 0 Å². The Bertz CT molecular complexity index is 824. The SMILES string of the molecule is O=C(c1cc2cc(Br)ccc2[nH]1)N1CCCC1c1cccs1. The Balaban J connectivity index is 1.67. The van der Waals surface area contributed by atoms with Crippen LogP contribution < -0.4 is 0 Å². The number of rotatable bonds is 2. The van der Waals surface area contributed by atoms with Crippen molar-refractivity contribution in [1.29, 1.82) is 0 Å². The quantitative estimate of drug-likeness (QED) is 0.675. The van der Waals surface area contributed by atoms with Gasteiger partial charge in [0.15, 0.2) is 0 Å². The van der Waals surface area contributed by atoms with E-state index in [1.807, 2.05) is 29.2 Å². The van der Waals surface area contributed by atoms with Crippen LogP contribution in [0.15, 0.2) is 46.3 Å². The Morgan fingerprint density at radius 3 is 3.05 bits per heavy atom. The highest BCUT2D eigenvalue weighted by molar-refractivity contribution is 9.10. The first-order valence-electron chi connectivity index (χ1n) is 7.35. The largest absolute Gasteiger partial charge is 0.351 e. The van der Waals surface area contributed by atoms with Crippen molar-refractivity contribution in [3.8, 4) is 0 Å². The number of carbonyl (C=O) groups is 1. The van der Waals surface area contributed by atoms with Crippen LogP contribution in [-0.4, -0.2) is 22.3 Å². The Kier molecular flexibility index (Phi) is 3.54. The van der Waals surface area contributed by atoms with Crippen molar-refractivity contribution >= 4 is 44.1 Å². The summed E-state index contributed by atoms with van der Waals surface area (Å²) in [5.74, 6) is 0.100. The van der Waals surface area contributed by atoms with Gasteiger partial charge in [0.1, 0.15) is 5.69 Å². The second-order valence-corrected chi connectivity index (χ2v) is 7.48. The molecule has 5 heteroatoms. The molecule has 1 aliphatic heterocycles. The average molecular weight is 375 g/mol. The number of hydrogen-bond donors (Lipinski definition) is 1. The van der Waals surface area contributed by atoms with Crippen LogP contribution >= 0.6 is 27.3 Å². The van der Waals surface area contributed by atoms with Crippen molar-refractivity contribution in [3.05, 3.63) is 56.8 Å². The number of benzene rings is 1. The van der Waals surface area contributed by atoms with E-state index in [0.717, 1.165) is 34.8 Å². The first-order chi connectivity index (χ1) is 10.7. The Morgan fingerprint density at radius 2 is 2.23 bits per heavy atom. The monoisotopic (exact) mass is 374 g/mol. The van der Waals surface area contributed by atoms with Crippen molar-refractivity contribution in [2.45, 2.75) is 18.9 Å². The highest BCUT2D eigenvalue weighted by atomic mass is 79.9. The number of hydrogen-bond acceptors (Lipinski definition) is 2. The fourth-order valence-electron chi connectivity index (χ4n) is 3.16. The van der Waals surface area contributed by atoms with E-state index in [0.29, 0.717) is 5.69 Å². The van der Waals surface area contributed by atoms with Gasteiger partial charge in [-0.3, -0.25) is 4.79 Å². The molecule has 2 aromatic heterocycles. The zero-order valence-electron chi connectivity index (χ0n) is 11.9. The van der Waals surface area contributed by atoms with Gasteiger partial charge < -0.3 is 9.88 Å². The molecule has 0 aliphatic carbocycles. The predicted molar refractivity (Wildman–Crippen MR) is 93.3 cm³/mol. The lowest BCUT2D eigenvalue weighted by Gasteiger charge is -2.23. The van der Waals surface area contributed by atoms with E-state index in [-0.39, 0.29) is 11.9 Å². The number of aromatic nitrogens is 1. The zero-order chi connectivity index (χ0) is 15.1. The summed E-state index contributed by atoms with van der Waals surface area (Å²) in [6.07, 6.45) is 2.12. The number of nitrogens with one attached hydrogen (secondary N) is 1. The lowest BCUT2D eigenvalue weighted by molar-refractivity contribution is 0.0733. The van der Waals surface area contributed by atoms with Crippen LogP contribution in [0.4, 0.5) is 0 Å². The molecule has 1 amide bonds. The van der Waals surface area contributed by atoms with Crippen LogP contribution in [0.25, 0.3) is 10.9 Å². The van der Waals surface area contributed by atoms with Gasteiger partial charge in [0, 0.05) is 26.8 Å². The van der Waals surface area contributed by atoms with Gasteiger partial charge >= 0.3 is 0 Å². The number of nitrogens with zero attached hydrogens (tertiary/aromatic N) is 1. The van der Waals surface area contributed by atoms with Gasteiger partial charge in [0.05, 0.1) is 6.04 Å². The molecule has 1 aliphatic rings. The molecule has 1 unspecified atom stereocenters. The number of fused-ring (bicyclic) bond motifs is 1. The molecule has 22 heavy (non-hydrogen) atoms. The number of thiophene rings is 1. The number of amides is 1. The number of H-pyrrole nitrogens is 1. The fraction of sp³-hybridized carbons (Fsp3) is 0.235. The summed E-state index contributed by atoms with van der Waals surface area (Å²) in [6.45, 7) is 0.834. The molecule has 0 radical (unpaired) electrons. The fourth-order valence-corrected chi connectivity index (χ4v) is 4.41. The third kappa shape index (κ3) is 2.38. The van der Waals surface area contributed by atoms with Crippen molar-refractivity contribution in [1.82, 2.24) is 9.88 Å². The Morgan fingerprint density at radius 1 is 1.32 bits per heavy atom. The van der Waals surface area contributed by atoms with E-state index >= 15 is 0 Å². The molecule has 1 N–H and O–H groups in total. The highest BCUT2D eigenvalue weighted by Crippen LogP contribution is 2.35. The summed E-state index contributed by atoms with van der Waals surface area (Å²) in [5, 5.41) is 3.14. The van der Waals surface area contributed by atoms with E-state index in [9.17, 15) is 4.79 Å². The van der Waals surface area contributed by atoms with Crippen molar-refractivity contribution < 1.29 is 4.79 Å². The lowest BCUT2D eigenvalue weighted by atomic mass is 10.2. The van der Waals surface area contributed by atoms with Crippen LogP contribution in [0, 0.1) is 0 Å². The van der Waals surface area contributed by atoms with Gasteiger partial charge in [-0.25, -0.2) is 0 Å². The van der Waals surface area contributed by atoms with Crippen LogP contribution in [0.1, 0.15) is 34.2 Å². The molecule has 1 fully saturated rings. The van der Waals surface area contributed by atoms with Gasteiger partial charge in [-0.2, -0.15) is 0 Å². The van der Waals surface area contributed by atoms with Crippen LogP contribution in [0.3, 0.4) is 0 Å². The highest BCUT2D eigenvalue weighted by Gasteiger charge is 2.31. The maximum absolute atomic E-state index is 12.9. The summed E-state index contributed by atoms with van der Waals surface area (Å²) in [7, 11) is 0. The molecule has 3 heterocycles. The summed E-state index contributed by atoms with van der Waals surface area (Å²) >= 11 is 5.21. The molecule has 0 saturated carbocycles. The summed E-state index contributed by atoms with van der Waals surface area (Å²) in [4.78, 5) is 19.4. The van der Waals surface area contributed by atoms with E-state index in [1.165, 1.54) is 4.88 Å². The van der Waals surface area contributed by atoms with Crippen molar-refractivity contribution in [3.63, 3.8) is 0 Å². The third-order valence-corrected chi connectivity index (χ3v) is 5.67. The molecular weight excluding hydrogens is 360 g/mol. The van der Waals surface area contributed by atoms with Crippen molar-refractivity contribution in [2.75, 3.05) is 6.54 Å². The molecule has 3 aromatic rings. The molecule has 1 aromatic carbocycles. The predicted octanol–water partition coefficient (Wildman–Crippen LogP) is 4.97. The van der Waals surface area contributed by atoms with E-state index in [1.54, 1.807) is 11.3 Å². The van der Waals surface area contributed by atoms with Crippen LogP contribution in [-0.2, 0) is 0 Å². The number of halogens is 1. The second-order valence-electron chi connectivity index (χ2n) is 5.59. The average Bonchev–Trinajstić information content (AvgIpc) is 3.24. The maximum atomic E-state index is 12.9. The number of likely N-dealkylation sites (tertiary alicyclic amines) is 1. The smallest absolute Gasteiger partial charge is 0.270 e. The van der Waals surface area contributed by atoms with E-state index in [2.05, 4.69) is 38.4 Å². The topological polar surface area (TPSA) is 36.1 Å². The minimum absolute atomic E-state index is 0.100. The van der Waals surface area contributed by atoms with Gasteiger partial charge in [0.25, 0.3) is 5.91 Å². The Hall–Kier alpha value is -1.59. The lowest BCUT2D eigenvalue weighted by Crippen LogP contribution is -2.30. The molecule has 4 rings (SSSR count). The molecule has 112 valence electrons.